The molecule has 2 aromatic carbocycles. The van der Waals surface area contributed by atoms with Crippen molar-refractivity contribution in [3.63, 3.8) is 0 Å². The van der Waals surface area contributed by atoms with Crippen LogP contribution in [0.3, 0.4) is 0 Å². The van der Waals surface area contributed by atoms with Crippen molar-refractivity contribution in [3.05, 3.63) is 68.0 Å². The van der Waals surface area contributed by atoms with Gasteiger partial charge in [-0.15, -0.1) is 0 Å². The van der Waals surface area contributed by atoms with Gasteiger partial charge in [0.2, 0.25) is 0 Å². The van der Waals surface area contributed by atoms with Gasteiger partial charge in [0.1, 0.15) is 0 Å². The molecular weight excluding hydrogens is 399 g/mol. The number of likely N-dealkylation sites (N-methyl/N-ethyl adjacent to an activating group) is 1. The molecule has 2 aromatic rings. The van der Waals surface area contributed by atoms with E-state index < -0.39 is 0 Å². The van der Waals surface area contributed by atoms with Crippen LogP contribution in [0.2, 0.25) is 15.1 Å². The van der Waals surface area contributed by atoms with Gasteiger partial charge < -0.3 is 0 Å². The molecule has 7 heteroatoms. The number of aliphatic imine (C=N–C) groups is 1. The van der Waals surface area contributed by atoms with E-state index in [1.165, 1.54) is 11.8 Å². The second-order valence-electron chi connectivity index (χ2n) is 5.17. The van der Waals surface area contributed by atoms with Gasteiger partial charge in [-0.25, -0.2) is 4.99 Å². The highest BCUT2D eigenvalue weighted by Gasteiger charge is 2.32. The lowest BCUT2D eigenvalue weighted by molar-refractivity contribution is -0.122. The lowest BCUT2D eigenvalue weighted by atomic mass is 10.2. The molecule has 1 fully saturated rings. The van der Waals surface area contributed by atoms with Crippen LogP contribution in [0.4, 0.5) is 5.69 Å². The second-order valence-corrected chi connectivity index (χ2v) is 7.40. The molecule has 0 saturated carbocycles. The molecule has 128 valence electrons. The molecule has 1 aliphatic rings. The standard InChI is InChI=1S/C18H13Cl3N2OS/c1-2-23-17(24)15(10-11-4-3-5-14(20)16(11)21)25-18(23)22-13-8-6-12(19)7-9-13/h3-10H,2H2,1H3/b15-10+,22-18?. The smallest absolute Gasteiger partial charge is 0.266 e. The van der Waals surface area contributed by atoms with Gasteiger partial charge in [-0.05, 0) is 60.7 Å². The summed E-state index contributed by atoms with van der Waals surface area (Å²) in [5.74, 6) is -0.101. The summed E-state index contributed by atoms with van der Waals surface area (Å²) in [6, 6.07) is 12.5. The Morgan fingerprint density at radius 3 is 2.52 bits per heavy atom. The number of amidine groups is 1. The first-order valence-electron chi connectivity index (χ1n) is 7.49. The van der Waals surface area contributed by atoms with Crippen molar-refractivity contribution in [1.29, 1.82) is 0 Å². The second kappa shape index (κ2) is 7.83. The molecule has 0 N–H and O–H groups in total. The minimum Gasteiger partial charge on any atom is -0.287 e. The van der Waals surface area contributed by atoms with Crippen molar-refractivity contribution >= 4 is 69.4 Å². The molecule has 0 radical (unpaired) electrons. The summed E-state index contributed by atoms with van der Waals surface area (Å²) in [6.45, 7) is 2.43. The maximum atomic E-state index is 12.7. The van der Waals surface area contributed by atoms with Gasteiger partial charge in [0.05, 0.1) is 20.6 Å². The van der Waals surface area contributed by atoms with Crippen LogP contribution in [0.25, 0.3) is 6.08 Å². The van der Waals surface area contributed by atoms with Crippen LogP contribution in [0.5, 0.6) is 0 Å². The Morgan fingerprint density at radius 1 is 1.12 bits per heavy atom. The number of hydrogen-bond donors (Lipinski definition) is 0. The minimum atomic E-state index is -0.101. The fourth-order valence-corrected chi connectivity index (χ4v) is 3.81. The molecule has 0 unspecified atom stereocenters. The summed E-state index contributed by atoms with van der Waals surface area (Å²) in [4.78, 5) is 19.4. The molecule has 1 heterocycles. The van der Waals surface area contributed by atoms with Crippen molar-refractivity contribution in [1.82, 2.24) is 4.90 Å². The van der Waals surface area contributed by atoms with E-state index in [4.69, 9.17) is 34.8 Å². The molecule has 3 nitrogen and oxygen atoms in total. The Labute approximate surface area is 165 Å². The minimum absolute atomic E-state index is 0.101. The van der Waals surface area contributed by atoms with E-state index in [-0.39, 0.29) is 5.91 Å². The molecule has 0 aromatic heterocycles. The first-order chi connectivity index (χ1) is 12.0. The van der Waals surface area contributed by atoms with Crippen LogP contribution >= 0.6 is 46.6 Å². The summed E-state index contributed by atoms with van der Waals surface area (Å²) < 4.78 is 0. The number of halogens is 3. The van der Waals surface area contributed by atoms with Gasteiger partial charge in [0.25, 0.3) is 5.91 Å². The van der Waals surface area contributed by atoms with Gasteiger partial charge in [0, 0.05) is 11.6 Å². The van der Waals surface area contributed by atoms with Gasteiger partial charge in [0.15, 0.2) is 5.17 Å². The summed E-state index contributed by atoms with van der Waals surface area (Å²) in [7, 11) is 0. The fourth-order valence-electron chi connectivity index (χ4n) is 2.27. The quantitative estimate of drug-likeness (QED) is 0.557. The number of amides is 1. The zero-order chi connectivity index (χ0) is 18.0. The van der Waals surface area contributed by atoms with E-state index >= 15 is 0 Å². The molecule has 0 aliphatic carbocycles. The first kappa shape index (κ1) is 18.3. The Bertz CT molecular complexity index is 878. The van der Waals surface area contributed by atoms with E-state index in [9.17, 15) is 4.79 Å². The predicted octanol–water partition coefficient (Wildman–Crippen LogP) is 6.27. The average Bonchev–Trinajstić information content (AvgIpc) is 2.89. The monoisotopic (exact) mass is 410 g/mol. The molecule has 0 bridgehead atoms. The van der Waals surface area contributed by atoms with Gasteiger partial charge in [-0.1, -0.05) is 46.9 Å². The van der Waals surface area contributed by atoms with Gasteiger partial charge in [-0.2, -0.15) is 0 Å². The van der Waals surface area contributed by atoms with E-state index in [0.29, 0.717) is 37.2 Å². The third-order valence-electron chi connectivity index (χ3n) is 3.52. The average molecular weight is 412 g/mol. The Balaban J connectivity index is 1.96. The van der Waals surface area contributed by atoms with Gasteiger partial charge in [-0.3, -0.25) is 9.69 Å². The maximum Gasteiger partial charge on any atom is 0.266 e. The third-order valence-corrected chi connectivity index (χ3v) is 5.62. The normalized spacial score (nSPS) is 17.8. The Hall–Kier alpha value is -1.46. The molecule has 25 heavy (non-hydrogen) atoms. The molecule has 1 saturated heterocycles. The zero-order valence-electron chi connectivity index (χ0n) is 13.2. The number of rotatable bonds is 3. The van der Waals surface area contributed by atoms with Gasteiger partial charge >= 0.3 is 0 Å². The van der Waals surface area contributed by atoms with Crippen molar-refractivity contribution < 1.29 is 4.79 Å². The van der Waals surface area contributed by atoms with Crippen LogP contribution in [-0.2, 0) is 4.79 Å². The summed E-state index contributed by atoms with van der Waals surface area (Å²) in [5, 5.41) is 2.15. The van der Waals surface area contributed by atoms with Crippen LogP contribution in [0.1, 0.15) is 12.5 Å². The molecular formula is C18H13Cl3N2OS. The maximum absolute atomic E-state index is 12.7. The van der Waals surface area contributed by atoms with Crippen LogP contribution in [-0.4, -0.2) is 22.5 Å². The number of hydrogen-bond acceptors (Lipinski definition) is 3. The van der Waals surface area contributed by atoms with E-state index in [2.05, 4.69) is 4.99 Å². The van der Waals surface area contributed by atoms with Crippen LogP contribution in [0.15, 0.2) is 52.4 Å². The number of carbonyl (C=O) groups excluding carboxylic acids is 1. The number of nitrogens with zero attached hydrogens (tertiary/aromatic N) is 2. The lowest BCUT2D eigenvalue weighted by Gasteiger charge is -2.12. The SMILES string of the molecule is CCN1C(=O)/C(=C\c2cccc(Cl)c2Cl)SC1=Nc1ccc(Cl)cc1. The molecule has 3 rings (SSSR count). The largest absolute Gasteiger partial charge is 0.287 e. The highest BCUT2D eigenvalue weighted by molar-refractivity contribution is 8.18. The topological polar surface area (TPSA) is 32.7 Å². The zero-order valence-corrected chi connectivity index (χ0v) is 16.3. The van der Waals surface area contributed by atoms with Crippen LogP contribution in [0, 0.1) is 0 Å². The molecule has 0 spiro atoms. The number of carbonyl (C=O) groups is 1. The lowest BCUT2D eigenvalue weighted by Crippen LogP contribution is -2.28. The van der Waals surface area contributed by atoms with Crippen molar-refractivity contribution in [2.75, 3.05) is 6.54 Å². The van der Waals surface area contributed by atoms with E-state index in [1.54, 1.807) is 35.2 Å². The van der Waals surface area contributed by atoms with E-state index in [0.717, 1.165) is 5.69 Å². The first-order valence-corrected chi connectivity index (χ1v) is 9.44. The number of benzene rings is 2. The highest BCUT2D eigenvalue weighted by atomic mass is 35.5. The van der Waals surface area contributed by atoms with Crippen molar-refractivity contribution in [2.45, 2.75) is 6.92 Å². The van der Waals surface area contributed by atoms with Crippen LogP contribution < -0.4 is 0 Å². The van der Waals surface area contributed by atoms with E-state index in [1.807, 2.05) is 25.1 Å². The predicted molar refractivity (Wildman–Crippen MR) is 108 cm³/mol. The molecule has 1 amide bonds. The Kier molecular flexibility index (Phi) is 5.74. The molecule has 1 aliphatic heterocycles. The van der Waals surface area contributed by atoms with Crippen molar-refractivity contribution in [3.8, 4) is 0 Å². The highest BCUT2D eigenvalue weighted by Crippen LogP contribution is 2.36. The molecule has 0 atom stereocenters. The summed E-state index contributed by atoms with van der Waals surface area (Å²) >= 11 is 19.5. The number of thioether (sulfide) groups is 1. The fraction of sp³-hybridized carbons (Fsp3) is 0.111. The van der Waals surface area contributed by atoms with Crippen molar-refractivity contribution in [2.24, 2.45) is 4.99 Å². The summed E-state index contributed by atoms with van der Waals surface area (Å²) in [5.41, 5.74) is 1.44. The summed E-state index contributed by atoms with van der Waals surface area (Å²) in [6.07, 6.45) is 1.74. The Morgan fingerprint density at radius 2 is 1.84 bits per heavy atom. The third kappa shape index (κ3) is 4.04.